The molecule has 1 saturated carbocycles. The van der Waals surface area contributed by atoms with Crippen molar-refractivity contribution in [1.82, 2.24) is 6.15 Å². The molecule has 20 nitrogen and oxygen atoms in total. The van der Waals surface area contributed by atoms with Gasteiger partial charge in [0, 0.05) is 22.3 Å². The van der Waals surface area contributed by atoms with Crippen LogP contribution in [0.25, 0.3) is 0 Å². The smallest absolute Gasteiger partial charge is 0.456 e. The van der Waals surface area contributed by atoms with Gasteiger partial charge in [-0.05, 0) is 48.9 Å². The number of unbranched alkanes of at least 4 members (excludes halogenated alkanes) is 12. The normalized spacial score (nSPS) is 21.7. The highest BCUT2D eigenvalue weighted by Gasteiger charge is 2.56. The summed E-state index contributed by atoms with van der Waals surface area (Å²) in [6, 6.07) is 0. The van der Waals surface area contributed by atoms with E-state index in [0.29, 0.717) is 6.42 Å². The van der Waals surface area contributed by atoms with Gasteiger partial charge in [-0.1, -0.05) is 89.9 Å². The number of phosphoric acid groups is 3. The van der Waals surface area contributed by atoms with Gasteiger partial charge in [-0.25, -0.2) is 18.5 Å². The third-order valence-electron chi connectivity index (χ3n) is 8.00. The molecule has 0 amide bonds. The minimum Gasteiger partial charge on any atom is -0.456 e. The molecule has 4 unspecified atom stereocenters. The fourth-order valence-electron chi connectivity index (χ4n) is 5.34. The van der Waals surface area contributed by atoms with Gasteiger partial charge in [0.05, 0.1) is 6.61 Å². The van der Waals surface area contributed by atoms with Crippen LogP contribution in [0.4, 0.5) is 0 Å². The van der Waals surface area contributed by atoms with Crippen molar-refractivity contribution in [3.8, 4) is 47.4 Å². The van der Waals surface area contributed by atoms with Crippen molar-refractivity contribution in [1.29, 1.82) is 0 Å². The number of ether oxygens (including phenoxy) is 2. The summed E-state index contributed by atoms with van der Waals surface area (Å²) in [5.74, 6) is 16.6. The molecule has 1 aliphatic rings. The molecule has 1 aliphatic carbocycles. The van der Waals surface area contributed by atoms with Gasteiger partial charge >= 0.3 is 35.4 Å². The molecule has 8 atom stereocenters. The molecule has 11 N–H and O–H groups in total. The predicted molar refractivity (Wildman–Crippen MR) is 220 cm³/mol. The molecule has 0 aromatic rings. The van der Waals surface area contributed by atoms with Crippen LogP contribution in [0.5, 0.6) is 0 Å². The number of carbonyl (C=O) groups excluding carboxylic acids is 2. The SMILES string of the molecule is CC#CC#CC#CC#CC(=O)OC[C@H](COP(=O)(O)OC1C(O)[C@@H](OP(=O)(O)O)C(OP(=O)(O)O)[C@@H](O)[C@H]1O)OC(=O)CCCCCCCCCCCCCCC.N.[HH].[HH].[HH].[HH].[HH].[HH].[HH]. The number of hydrogen-bond acceptors (Lipinski definition) is 15. The first-order chi connectivity index (χ1) is 26.8. The standard InChI is InChI=1S/C35H53O19P3.H3N.7H2/c1-3-5-7-9-11-12-13-14-15-16-18-20-22-24-29(37)51-27(25-49-28(36)23-21-19-17-10-8-6-4-2)26-50-57(47,48)54-33-30(38)31(39)34(52-55(41,42)43)35(32(33)40)53-56(44,45)46;;;;;;;;/h27,30-35,38-40H,3,5,7,9,11-16,18,20,22,24-26H2,1-2H3,(H,47,48)(H2,41,42,43)(H2,44,45,46);1H3;7*1H/t27-,30-,31+,32?,33?,34?,35-;;;;;;;;/m1......../s1. The van der Waals surface area contributed by atoms with Crippen molar-refractivity contribution in [2.45, 2.75) is 146 Å². The van der Waals surface area contributed by atoms with Crippen molar-refractivity contribution < 1.29 is 101 Å². The van der Waals surface area contributed by atoms with Crippen molar-refractivity contribution in [3.63, 3.8) is 0 Å². The highest BCUT2D eigenvalue weighted by Crippen LogP contribution is 2.51. The second-order valence-corrected chi connectivity index (χ2v) is 16.5. The van der Waals surface area contributed by atoms with Crippen LogP contribution in [-0.4, -0.2) is 108 Å². The highest BCUT2D eigenvalue weighted by atomic mass is 31.2. The Bertz CT molecular complexity index is 1690. The molecule has 0 radical (unpaired) electrons. The summed E-state index contributed by atoms with van der Waals surface area (Å²) in [4.78, 5) is 72.1. The number of carbonyl (C=O) groups is 2. The lowest BCUT2D eigenvalue weighted by molar-refractivity contribution is -0.213. The lowest BCUT2D eigenvalue weighted by Crippen LogP contribution is -2.65. The highest BCUT2D eigenvalue weighted by molar-refractivity contribution is 7.47. The fraction of sp³-hybridized carbons (Fsp3) is 0.714. The summed E-state index contributed by atoms with van der Waals surface area (Å²) in [5, 5.41) is 31.6. The van der Waals surface area contributed by atoms with Gasteiger partial charge < -0.3 is 55.4 Å². The van der Waals surface area contributed by atoms with E-state index in [9.17, 15) is 53.3 Å². The molecule has 0 saturated heterocycles. The number of phosphoric ester groups is 3. The van der Waals surface area contributed by atoms with E-state index in [1.807, 2.05) is 5.92 Å². The maximum Gasteiger partial charge on any atom is 0.472 e. The van der Waals surface area contributed by atoms with E-state index in [1.54, 1.807) is 6.92 Å². The zero-order valence-electron chi connectivity index (χ0n) is 32.5. The molecular formula is C35H70NO19P3. The zero-order valence-corrected chi connectivity index (χ0v) is 35.2. The number of esters is 2. The average molecular weight is 902 g/mol. The third-order valence-corrected chi connectivity index (χ3v) is 10.0. The lowest BCUT2D eigenvalue weighted by atomic mass is 9.85. The van der Waals surface area contributed by atoms with E-state index in [2.05, 4.69) is 57.4 Å². The maximum absolute atomic E-state index is 12.9. The van der Waals surface area contributed by atoms with Gasteiger partial charge in [-0.2, -0.15) is 0 Å². The van der Waals surface area contributed by atoms with E-state index in [0.717, 1.165) is 32.1 Å². The summed E-state index contributed by atoms with van der Waals surface area (Å²) in [7, 11) is -16.7. The average Bonchev–Trinajstić information content (AvgIpc) is 3.12. The minimum absolute atomic E-state index is 0. The summed E-state index contributed by atoms with van der Waals surface area (Å²) in [5.41, 5.74) is 0. The Morgan fingerprint density at radius 2 is 1.07 bits per heavy atom. The van der Waals surface area contributed by atoms with Gasteiger partial charge in [0.15, 0.2) is 6.10 Å². The summed E-state index contributed by atoms with van der Waals surface area (Å²) in [6.07, 6.45) is -2.80. The van der Waals surface area contributed by atoms with Gasteiger partial charge in [0.2, 0.25) is 0 Å². The first-order valence-corrected chi connectivity index (χ1v) is 22.8. The summed E-state index contributed by atoms with van der Waals surface area (Å²) in [6.45, 7) is 1.99. The lowest BCUT2D eigenvalue weighted by Gasteiger charge is -2.44. The van der Waals surface area contributed by atoms with E-state index in [1.165, 1.54) is 44.9 Å². The number of aliphatic hydroxyl groups is 3. The number of hydrogen-bond donors (Lipinski definition) is 9. The number of aliphatic hydroxyl groups excluding tert-OH is 3. The molecule has 23 heteroatoms. The summed E-state index contributed by atoms with van der Waals surface area (Å²) >= 11 is 0. The quantitative estimate of drug-likeness (QED) is 0.0191. The van der Waals surface area contributed by atoms with E-state index >= 15 is 0 Å². The maximum atomic E-state index is 12.9. The third kappa shape index (κ3) is 25.8. The molecule has 58 heavy (non-hydrogen) atoms. The Labute approximate surface area is 349 Å². The molecule has 0 bridgehead atoms. The minimum atomic E-state index is -5.61. The second kappa shape index (κ2) is 29.6. The monoisotopic (exact) mass is 901 g/mol. The van der Waals surface area contributed by atoms with Crippen LogP contribution in [0.2, 0.25) is 0 Å². The molecule has 344 valence electrons. The van der Waals surface area contributed by atoms with Gasteiger partial charge in [-0.3, -0.25) is 22.9 Å². The topological polar surface area (TPSA) is 338 Å². The molecule has 1 rings (SSSR count). The largest absolute Gasteiger partial charge is 0.472 e. The molecule has 0 aromatic carbocycles. The van der Waals surface area contributed by atoms with Crippen molar-refractivity contribution >= 4 is 35.4 Å². The first kappa shape index (κ1) is 55.4. The van der Waals surface area contributed by atoms with E-state index < -0.39 is 91.3 Å². The summed E-state index contributed by atoms with van der Waals surface area (Å²) < 4.78 is 64.3. The Balaban J connectivity index is -0.000000677. The van der Waals surface area contributed by atoms with Crippen LogP contribution in [0.3, 0.4) is 0 Å². The molecule has 0 aromatic heterocycles. The molecule has 0 aliphatic heterocycles. The molecule has 0 spiro atoms. The van der Waals surface area contributed by atoms with E-state index in [-0.39, 0.29) is 22.6 Å². The van der Waals surface area contributed by atoms with Crippen LogP contribution in [0.15, 0.2) is 0 Å². The number of rotatable bonds is 26. The van der Waals surface area contributed by atoms with Crippen LogP contribution >= 0.6 is 23.5 Å². The Kier molecular flexibility index (Phi) is 28.2. The molecular weight excluding hydrogens is 831 g/mol. The van der Waals surface area contributed by atoms with E-state index in [4.69, 9.17) is 28.3 Å². The van der Waals surface area contributed by atoms with Crippen LogP contribution in [0, 0.1) is 47.4 Å². The molecule has 0 heterocycles. The van der Waals surface area contributed by atoms with Gasteiger partial charge in [-0.15, -0.1) is 0 Å². The predicted octanol–water partition coefficient (Wildman–Crippen LogP) is 4.39. The Morgan fingerprint density at radius 1 is 0.621 bits per heavy atom. The van der Waals surface area contributed by atoms with Crippen LogP contribution in [-0.2, 0) is 50.9 Å². The molecule has 1 fully saturated rings. The van der Waals surface area contributed by atoms with Crippen molar-refractivity contribution in [2.75, 3.05) is 13.2 Å². The van der Waals surface area contributed by atoms with Crippen molar-refractivity contribution in [3.05, 3.63) is 0 Å². The first-order valence-electron chi connectivity index (χ1n) is 18.3. The van der Waals surface area contributed by atoms with Crippen LogP contribution in [0.1, 0.15) is 114 Å². The van der Waals surface area contributed by atoms with Gasteiger partial charge in [0.25, 0.3) is 0 Å². The van der Waals surface area contributed by atoms with Gasteiger partial charge in [0.1, 0.15) is 43.2 Å². The zero-order chi connectivity index (χ0) is 42.9. The Morgan fingerprint density at radius 3 is 1.57 bits per heavy atom. The fourth-order valence-corrected chi connectivity index (χ4v) is 7.43. The second-order valence-electron chi connectivity index (χ2n) is 12.8. The van der Waals surface area contributed by atoms with Crippen molar-refractivity contribution in [2.24, 2.45) is 0 Å². The Hall–Kier alpha value is -2.65. The van der Waals surface area contributed by atoms with Crippen LogP contribution < -0.4 is 6.15 Å².